The third-order valence-electron chi connectivity index (χ3n) is 3.93. The highest BCUT2D eigenvalue weighted by Gasteiger charge is 2.19. The molecule has 124 valence electrons. The van der Waals surface area contributed by atoms with E-state index in [1.165, 1.54) is 5.56 Å². The van der Waals surface area contributed by atoms with Crippen LogP contribution < -0.4 is 4.72 Å². The monoisotopic (exact) mass is 342 g/mol. The molecule has 6 heteroatoms. The molecular formula is C18H18N2O3S. The maximum atomic E-state index is 12.5. The fraction of sp³-hybridized carbons (Fsp3) is 0.167. The van der Waals surface area contributed by atoms with Gasteiger partial charge >= 0.3 is 0 Å². The molecule has 0 spiro atoms. The number of aromatic nitrogens is 1. The van der Waals surface area contributed by atoms with E-state index in [0.717, 1.165) is 11.1 Å². The lowest BCUT2D eigenvalue weighted by Gasteiger charge is -2.07. The van der Waals surface area contributed by atoms with Gasteiger partial charge in [0, 0.05) is 5.56 Å². The predicted octanol–water partition coefficient (Wildman–Crippen LogP) is 4.07. The molecule has 0 aliphatic heterocycles. The summed E-state index contributed by atoms with van der Waals surface area (Å²) in [5, 5.41) is 3.75. The van der Waals surface area contributed by atoms with Crippen molar-refractivity contribution < 1.29 is 12.9 Å². The van der Waals surface area contributed by atoms with Gasteiger partial charge in [-0.15, -0.1) is 0 Å². The van der Waals surface area contributed by atoms with Gasteiger partial charge in [0.25, 0.3) is 10.0 Å². The molecule has 0 fully saturated rings. The lowest BCUT2D eigenvalue weighted by Crippen LogP contribution is -2.13. The molecule has 0 bridgehead atoms. The first-order chi connectivity index (χ1) is 11.4. The Labute approximate surface area is 141 Å². The highest BCUT2D eigenvalue weighted by molar-refractivity contribution is 7.92. The van der Waals surface area contributed by atoms with Crippen molar-refractivity contribution in [2.24, 2.45) is 0 Å². The summed E-state index contributed by atoms with van der Waals surface area (Å²) in [5.41, 5.74) is 4.51. The maximum Gasteiger partial charge on any atom is 0.264 e. The molecule has 0 unspecified atom stereocenters. The Morgan fingerprint density at radius 3 is 1.92 bits per heavy atom. The van der Waals surface area contributed by atoms with Crippen molar-refractivity contribution in [3.8, 4) is 11.1 Å². The zero-order chi connectivity index (χ0) is 17.3. The molecule has 0 radical (unpaired) electrons. The molecule has 0 atom stereocenters. The first kappa shape index (κ1) is 16.3. The second-order valence-corrected chi connectivity index (χ2v) is 7.40. The van der Waals surface area contributed by atoms with Gasteiger partial charge in [-0.25, -0.2) is 13.1 Å². The van der Waals surface area contributed by atoms with Crippen LogP contribution in [0.2, 0.25) is 0 Å². The van der Waals surface area contributed by atoms with Gasteiger partial charge in [-0.05, 0) is 44.0 Å². The van der Waals surface area contributed by atoms with E-state index in [1.54, 1.807) is 38.1 Å². The van der Waals surface area contributed by atoms with E-state index in [-0.39, 0.29) is 10.8 Å². The first-order valence-electron chi connectivity index (χ1n) is 7.49. The molecule has 2 aromatic carbocycles. The zero-order valence-corrected chi connectivity index (χ0v) is 14.5. The Morgan fingerprint density at radius 2 is 1.42 bits per heavy atom. The van der Waals surface area contributed by atoms with Crippen LogP contribution in [0.5, 0.6) is 0 Å². The number of nitrogens with zero attached hydrogens (tertiary/aromatic N) is 1. The van der Waals surface area contributed by atoms with Crippen LogP contribution in [0.4, 0.5) is 5.88 Å². The molecule has 1 heterocycles. The van der Waals surface area contributed by atoms with Gasteiger partial charge < -0.3 is 4.52 Å². The molecule has 24 heavy (non-hydrogen) atoms. The van der Waals surface area contributed by atoms with Gasteiger partial charge in [0.2, 0.25) is 5.88 Å². The zero-order valence-electron chi connectivity index (χ0n) is 13.7. The van der Waals surface area contributed by atoms with Crippen molar-refractivity contribution in [3.05, 3.63) is 65.4 Å². The lowest BCUT2D eigenvalue weighted by atomic mass is 10.0. The highest BCUT2D eigenvalue weighted by Crippen LogP contribution is 2.24. The van der Waals surface area contributed by atoms with Gasteiger partial charge in [0.15, 0.2) is 0 Å². The lowest BCUT2D eigenvalue weighted by molar-refractivity contribution is 0.430. The van der Waals surface area contributed by atoms with Crippen molar-refractivity contribution >= 4 is 15.9 Å². The van der Waals surface area contributed by atoms with Crippen LogP contribution >= 0.6 is 0 Å². The summed E-state index contributed by atoms with van der Waals surface area (Å²) in [7, 11) is -3.71. The Hall–Kier alpha value is -2.60. The van der Waals surface area contributed by atoms with Gasteiger partial charge in [-0.1, -0.05) is 47.1 Å². The molecule has 0 aliphatic carbocycles. The number of sulfonamides is 1. The third-order valence-corrected chi connectivity index (χ3v) is 5.28. The standard InChI is InChI=1S/C18H18N2O3S/c1-12-4-6-15(7-5-12)16-8-10-17(11-9-16)24(21,22)20-18-13(2)14(3)19-23-18/h4-11,20H,1-3H3. The molecule has 3 aromatic rings. The number of nitrogens with one attached hydrogen (secondary N) is 1. The molecule has 5 nitrogen and oxygen atoms in total. The van der Waals surface area contributed by atoms with Gasteiger partial charge in [0.05, 0.1) is 10.6 Å². The van der Waals surface area contributed by atoms with Crippen LogP contribution in [-0.4, -0.2) is 13.6 Å². The molecular weight excluding hydrogens is 324 g/mol. The third kappa shape index (κ3) is 3.19. The van der Waals surface area contributed by atoms with E-state index in [0.29, 0.717) is 11.3 Å². The van der Waals surface area contributed by atoms with Crippen LogP contribution in [-0.2, 0) is 10.0 Å². The van der Waals surface area contributed by atoms with Gasteiger partial charge in [-0.3, -0.25) is 0 Å². The minimum absolute atomic E-state index is 0.148. The number of hydrogen-bond donors (Lipinski definition) is 1. The highest BCUT2D eigenvalue weighted by atomic mass is 32.2. The van der Waals surface area contributed by atoms with E-state index >= 15 is 0 Å². The topological polar surface area (TPSA) is 72.2 Å². The summed E-state index contributed by atoms with van der Waals surface area (Å²) >= 11 is 0. The minimum Gasteiger partial charge on any atom is -0.337 e. The number of anilines is 1. The van der Waals surface area contributed by atoms with E-state index in [4.69, 9.17) is 4.52 Å². The molecule has 0 saturated heterocycles. The van der Waals surface area contributed by atoms with E-state index in [9.17, 15) is 8.42 Å². The Bertz CT molecular complexity index is 957. The fourth-order valence-electron chi connectivity index (χ4n) is 2.26. The minimum atomic E-state index is -3.71. The quantitative estimate of drug-likeness (QED) is 0.776. The number of benzene rings is 2. The van der Waals surface area contributed by atoms with Crippen molar-refractivity contribution in [2.75, 3.05) is 4.72 Å². The molecule has 3 rings (SSSR count). The molecule has 0 amide bonds. The Balaban J connectivity index is 1.86. The van der Waals surface area contributed by atoms with Crippen LogP contribution in [0.3, 0.4) is 0 Å². The summed E-state index contributed by atoms with van der Waals surface area (Å²) in [6.07, 6.45) is 0. The van der Waals surface area contributed by atoms with Crippen molar-refractivity contribution in [1.29, 1.82) is 0 Å². The molecule has 1 N–H and O–H groups in total. The normalized spacial score (nSPS) is 11.5. The number of rotatable bonds is 4. The number of hydrogen-bond acceptors (Lipinski definition) is 4. The van der Waals surface area contributed by atoms with E-state index < -0.39 is 10.0 Å². The van der Waals surface area contributed by atoms with Crippen LogP contribution in [0.15, 0.2) is 57.9 Å². The van der Waals surface area contributed by atoms with Gasteiger partial charge in [-0.2, -0.15) is 0 Å². The summed E-state index contributed by atoms with van der Waals surface area (Å²) in [5.74, 6) is 0.148. The van der Waals surface area contributed by atoms with E-state index in [2.05, 4.69) is 9.88 Å². The summed E-state index contributed by atoms with van der Waals surface area (Å²) < 4.78 is 32.4. The van der Waals surface area contributed by atoms with Crippen molar-refractivity contribution in [2.45, 2.75) is 25.7 Å². The average Bonchev–Trinajstić information content (AvgIpc) is 2.87. The van der Waals surface area contributed by atoms with Gasteiger partial charge in [0.1, 0.15) is 0 Å². The van der Waals surface area contributed by atoms with Crippen LogP contribution in [0.25, 0.3) is 11.1 Å². The van der Waals surface area contributed by atoms with Crippen LogP contribution in [0, 0.1) is 20.8 Å². The largest absolute Gasteiger partial charge is 0.337 e. The van der Waals surface area contributed by atoms with Crippen molar-refractivity contribution in [3.63, 3.8) is 0 Å². The Kier molecular flexibility index (Phi) is 4.15. The smallest absolute Gasteiger partial charge is 0.264 e. The SMILES string of the molecule is Cc1ccc(-c2ccc(S(=O)(=O)Nc3onc(C)c3C)cc2)cc1. The van der Waals surface area contributed by atoms with E-state index in [1.807, 2.05) is 31.2 Å². The average molecular weight is 342 g/mol. The first-order valence-corrected chi connectivity index (χ1v) is 8.98. The summed E-state index contributed by atoms with van der Waals surface area (Å²) in [6, 6.07) is 14.8. The number of aryl methyl sites for hydroxylation is 2. The second-order valence-electron chi connectivity index (χ2n) is 5.72. The second kappa shape index (κ2) is 6.13. The van der Waals surface area contributed by atoms with Crippen molar-refractivity contribution in [1.82, 2.24) is 5.16 Å². The molecule has 0 aliphatic rings. The Morgan fingerprint density at radius 1 is 0.875 bits per heavy atom. The maximum absolute atomic E-state index is 12.5. The summed E-state index contributed by atoms with van der Waals surface area (Å²) in [4.78, 5) is 0.173. The molecule has 0 saturated carbocycles. The predicted molar refractivity (Wildman–Crippen MR) is 93.4 cm³/mol. The molecule has 1 aromatic heterocycles. The fourth-order valence-corrected chi connectivity index (χ4v) is 3.31. The van der Waals surface area contributed by atoms with Crippen LogP contribution in [0.1, 0.15) is 16.8 Å². The summed E-state index contributed by atoms with van der Waals surface area (Å²) in [6.45, 7) is 5.54.